The van der Waals surface area contributed by atoms with Gasteiger partial charge in [0.05, 0.1) is 35.5 Å². The zero-order valence-corrected chi connectivity index (χ0v) is 14.8. The summed E-state index contributed by atoms with van der Waals surface area (Å²) in [4.78, 5) is 12.6. The summed E-state index contributed by atoms with van der Waals surface area (Å²) < 4.78 is 5.46. The molecule has 2 aromatic heterocycles. The molecule has 6 nitrogen and oxygen atoms in total. The Labute approximate surface area is 151 Å². The van der Waals surface area contributed by atoms with Crippen LogP contribution in [0.5, 0.6) is 0 Å². The number of aromatic amines is 1. The summed E-state index contributed by atoms with van der Waals surface area (Å²) >= 11 is 4.70. The fraction of sp³-hybridized carbons (Fsp3) is 0.278. The molecule has 0 aliphatic carbocycles. The minimum atomic E-state index is 0.680. The molecule has 1 N–H and O–H groups in total. The number of aromatic nitrogens is 4. The van der Waals surface area contributed by atoms with Gasteiger partial charge in [-0.05, 0) is 19.1 Å². The summed E-state index contributed by atoms with van der Waals surface area (Å²) in [6.07, 6.45) is 5.74. The topological polar surface area (TPSA) is 66.9 Å². The molecule has 0 amide bonds. The number of fused-ring (bicyclic) bond motifs is 1. The second-order valence-corrected chi connectivity index (χ2v) is 6.29. The van der Waals surface area contributed by atoms with Gasteiger partial charge in [0.15, 0.2) is 5.82 Å². The maximum absolute atomic E-state index is 5.46. The van der Waals surface area contributed by atoms with Crippen molar-refractivity contribution < 1.29 is 4.74 Å². The van der Waals surface area contributed by atoms with Crippen LogP contribution < -0.4 is 4.90 Å². The SMILES string of the molecule is C/C=C/c1nc(-c2cccc3[nH]ncc23)nc(N2CCOCC2)c1S. The third-order valence-corrected chi connectivity index (χ3v) is 4.68. The van der Waals surface area contributed by atoms with Crippen molar-refractivity contribution in [2.75, 3.05) is 31.2 Å². The predicted octanol–water partition coefficient (Wildman–Crippen LogP) is 3.18. The second-order valence-electron chi connectivity index (χ2n) is 5.84. The van der Waals surface area contributed by atoms with Crippen molar-refractivity contribution in [3.05, 3.63) is 36.2 Å². The molecule has 128 valence electrons. The van der Waals surface area contributed by atoms with Gasteiger partial charge in [0, 0.05) is 24.0 Å². The quantitative estimate of drug-likeness (QED) is 0.708. The normalized spacial score (nSPS) is 15.4. The average molecular weight is 353 g/mol. The van der Waals surface area contributed by atoms with Gasteiger partial charge in [-0.15, -0.1) is 12.6 Å². The average Bonchev–Trinajstić information content (AvgIpc) is 3.13. The maximum Gasteiger partial charge on any atom is 0.162 e. The summed E-state index contributed by atoms with van der Waals surface area (Å²) in [6.45, 7) is 4.97. The van der Waals surface area contributed by atoms with Crippen LogP contribution in [0.1, 0.15) is 12.6 Å². The summed E-state index contributed by atoms with van der Waals surface area (Å²) in [5.41, 5.74) is 2.74. The van der Waals surface area contributed by atoms with Gasteiger partial charge in [-0.1, -0.05) is 18.2 Å². The largest absolute Gasteiger partial charge is 0.378 e. The van der Waals surface area contributed by atoms with Gasteiger partial charge in [0.1, 0.15) is 5.82 Å². The van der Waals surface area contributed by atoms with E-state index >= 15 is 0 Å². The maximum atomic E-state index is 5.46. The number of nitrogens with one attached hydrogen (secondary N) is 1. The van der Waals surface area contributed by atoms with Gasteiger partial charge in [-0.2, -0.15) is 5.10 Å². The zero-order valence-electron chi connectivity index (χ0n) is 13.9. The Morgan fingerprint density at radius 1 is 1.24 bits per heavy atom. The van der Waals surface area contributed by atoms with E-state index in [0.717, 1.165) is 46.0 Å². The smallest absolute Gasteiger partial charge is 0.162 e. The Balaban J connectivity index is 1.90. The Morgan fingerprint density at radius 2 is 2.08 bits per heavy atom. The van der Waals surface area contributed by atoms with E-state index in [0.29, 0.717) is 19.0 Å². The minimum absolute atomic E-state index is 0.680. The van der Waals surface area contributed by atoms with Gasteiger partial charge in [-0.3, -0.25) is 5.10 Å². The van der Waals surface area contributed by atoms with Gasteiger partial charge in [0.25, 0.3) is 0 Å². The monoisotopic (exact) mass is 353 g/mol. The van der Waals surface area contributed by atoms with Gasteiger partial charge < -0.3 is 9.64 Å². The van der Waals surface area contributed by atoms with Crippen molar-refractivity contribution >= 4 is 35.4 Å². The molecule has 25 heavy (non-hydrogen) atoms. The Bertz CT molecular complexity index is 930. The molecular formula is C18H19N5OS. The van der Waals surface area contributed by atoms with Crippen LogP contribution in [0.25, 0.3) is 28.4 Å². The van der Waals surface area contributed by atoms with Crippen molar-refractivity contribution in [2.45, 2.75) is 11.8 Å². The lowest BCUT2D eigenvalue weighted by molar-refractivity contribution is 0.122. The lowest BCUT2D eigenvalue weighted by Gasteiger charge is -2.29. The third-order valence-electron chi connectivity index (χ3n) is 4.25. The van der Waals surface area contributed by atoms with Crippen molar-refractivity contribution in [1.29, 1.82) is 0 Å². The number of rotatable bonds is 3. The van der Waals surface area contributed by atoms with E-state index in [2.05, 4.69) is 15.1 Å². The fourth-order valence-electron chi connectivity index (χ4n) is 3.01. The molecule has 0 unspecified atom stereocenters. The first kappa shape index (κ1) is 16.1. The number of benzene rings is 1. The molecule has 3 heterocycles. The summed E-state index contributed by atoms with van der Waals surface area (Å²) in [6, 6.07) is 6.00. The van der Waals surface area contributed by atoms with Crippen molar-refractivity contribution in [3.8, 4) is 11.4 Å². The first-order valence-electron chi connectivity index (χ1n) is 8.27. The highest BCUT2D eigenvalue weighted by Crippen LogP contribution is 2.32. The predicted molar refractivity (Wildman–Crippen MR) is 102 cm³/mol. The molecule has 0 spiro atoms. The molecule has 1 aromatic carbocycles. The minimum Gasteiger partial charge on any atom is -0.378 e. The zero-order chi connectivity index (χ0) is 17.2. The molecule has 3 aromatic rings. The lowest BCUT2D eigenvalue weighted by atomic mass is 10.1. The highest BCUT2D eigenvalue weighted by Gasteiger charge is 2.20. The van der Waals surface area contributed by atoms with Crippen molar-refractivity contribution in [2.24, 2.45) is 0 Å². The number of H-pyrrole nitrogens is 1. The van der Waals surface area contributed by atoms with Crippen LogP contribution in [0.2, 0.25) is 0 Å². The molecule has 0 bridgehead atoms. The molecule has 1 saturated heterocycles. The van der Waals surface area contributed by atoms with E-state index in [-0.39, 0.29) is 0 Å². The first-order chi connectivity index (χ1) is 12.3. The van der Waals surface area contributed by atoms with Crippen LogP contribution in [0.15, 0.2) is 35.4 Å². The summed E-state index contributed by atoms with van der Waals surface area (Å²) in [7, 11) is 0. The summed E-state index contributed by atoms with van der Waals surface area (Å²) in [5, 5.41) is 8.14. The van der Waals surface area contributed by atoms with Crippen LogP contribution in [0.3, 0.4) is 0 Å². The molecule has 1 aliphatic heterocycles. The lowest BCUT2D eigenvalue weighted by Crippen LogP contribution is -2.37. The van der Waals surface area contributed by atoms with E-state index < -0.39 is 0 Å². The van der Waals surface area contributed by atoms with Crippen LogP contribution in [0.4, 0.5) is 5.82 Å². The Morgan fingerprint density at radius 3 is 2.88 bits per heavy atom. The molecule has 0 saturated carbocycles. The number of thiol groups is 1. The Hall–Kier alpha value is -2.38. The van der Waals surface area contributed by atoms with Crippen molar-refractivity contribution in [1.82, 2.24) is 20.2 Å². The number of hydrogen-bond acceptors (Lipinski definition) is 6. The van der Waals surface area contributed by atoms with Gasteiger partial charge >= 0.3 is 0 Å². The molecule has 0 radical (unpaired) electrons. The molecule has 0 atom stereocenters. The van der Waals surface area contributed by atoms with E-state index in [1.807, 2.05) is 43.5 Å². The van der Waals surface area contributed by atoms with Crippen LogP contribution in [-0.4, -0.2) is 46.5 Å². The van der Waals surface area contributed by atoms with E-state index in [1.54, 1.807) is 0 Å². The number of ether oxygens (including phenoxy) is 1. The Kier molecular flexibility index (Phi) is 4.42. The van der Waals surface area contributed by atoms with Crippen LogP contribution in [-0.2, 0) is 4.74 Å². The number of anilines is 1. The number of allylic oxidation sites excluding steroid dienone is 1. The van der Waals surface area contributed by atoms with E-state index in [9.17, 15) is 0 Å². The van der Waals surface area contributed by atoms with E-state index in [4.69, 9.17) is 27.3 Å². The third kappa shape index (κ3) is 3.01. The standard InChI is InChI=1S/C18H19N5OS/c1-2-4-15-16(25)18(23-7-9-24-10-8-23)21-17(20-15)12-5-3-6-14-13(12)11-19-22-14/h2-6,11,25H,7-10H2,1H3,(H,19,22)/b4-2+. The highest BCUT2D eigenvalue weighted by molar-refractivity contribution is 7.80. The fourth-order valence-corrected chi connectivity index (χ4v) is 3.33. The molecule has 1 aliphatic rings. The first-order valence-corrected chi connectivity index (χ1v) is 8.71. The van der Waals surface area contributed by atoms with E-state index in [1.165, 1.54) is 0 Å². The van der Waals surface area contributed by atoms with Crippen LogP contribution in [0, 0.1) is 0 Å². The molecular weight excluding hydrogens is 334 g/mol. The highest BCUT2D eigenvalue weighted by atomic mass is 32.1. The number of morpholine rings is 1. The number of hydrogen-bond donors (Lipinski definition) is 2. The second kappa shape index (κ2) is 6.85. The van der Waals surface area contributed by atoms with Crippen LogP contribution >= 0.6 is 12.6 Å². The molecule has 7 heteroatoms. The van der Waals surface area contributed by atoms with Crippen molar-refractivity contribution in [3.63, 3.8) is 0 Å². The molecule has 4 rings (SSSR count). The molecule has 1 fully saturated rings. The number of nitrogens with zero attached hydrogens (tertiary/aromatic N) is 4. The summed E-state index contributed by atoms with van der Waals surface area (Å²) in [5.74, 6) is 1.53. The van der Waals surface area contributed by atoms with Gasteiger partial charge in [0.2, 0.25) is 0 Å². The van der Waals surface area contributed by atoms with Gasteiger partial charge in [-0.25, -0.2) is 9.97 Å².